The molecule has 1 N–H and O–H groups in total. The lowest BCUT2D eigenvalue weighted by molar-refractivity contribution is -0.152. The Labute approximate surface area is 118 Å². The molecule has 0 bridgehead atoms. The highest BCUT2D eigenvalue weighted by atomic mass is 16.4. The monoisotopic (exact) mass is 270 g/mol. The van der Waals surface area contributed by atoms with E-state index in [2.05, 4.69) is 6.58 Å². The van der Waals surface area contributed by atoms with Gasteiger partial charge >= 0.3 is 5.97 Å². The van der Waals surface area contributed by atoms with Crippen molar-refractivity contribution in [3.05, 3.63) is 60.2 Å². The Kier molecular flexibility index (Phi) is 4.18. The third-order valence-electron chi connectivity index (χ3n) is 4.04. The van der Waals surface area contributed by atoms with Crippen LogP contribution in [0.4, 0.5) is 0 Å². The first-order valence-electron chi connectivity index (χ1n) is 6.66. The molecule has 1 aliphatic rings. The number of benzene rings is 1. The van der Waals surface area contributed by atoms with Crippen molar-refractivity contribution >= 4 is 12.3 Å². The van der Waals surface area contributed by atoms with Crippen LogP contribution in [0.25, 0.3) is 0 Å². The van der Waals surface area contributed by atoms with E-state index in [1.807, 2.05) is 43.3 Å². The highest BCUT2D eigenvalue weighted by molar-refractivity contribution is 5.78. The second-order valence-electron chi connectivity index (χ2n) is 5.11. The minimum atomic E-state index is -0.868. The minimum absolute atomic E-state index is 0.266. The topological polar surface area (TPSA) is 54.4 Å². The van der Waals surface area contributed by atoms with Gasteiger partial charge in [-0.05, 0) is 12.5 Å². The Morgan fingerprint density at radius 3 is 2.40 bits per heavy atom. The van der Waals surface area contributed by atoms with E-state index in [1.54, 1.807) is 6.08 Å². The molecule has 1 aromatic carbocycles. The first-order valence-corrected chi connectivity index (χ1v) is 6.66. The fourth-order valence-electron chi connectivity index (χ4n) is 3.16. The van der Waals surface area contributed by atoms with Gasteiger partial charge in [0.15, 0.2) is 0 Å². The molecule has 4 atom stereocenters. The largest absolute Gasteiger partial charge is 0.481 e. The zero-order valence-electron chi connectivity index (χ0n) is 11.4. The van der Waals surface area contributed by atoms with Crippen molar-refractivity contribution in [2.24, 2.45) is 17.8 Å². The quantitative estimate of drug-likeness (QED) is 0.661. The van der Waals surface area contributed by atoms with Crippen LogP contribution < -0.4 is 0 Å². The van der Waals surface area contributed by atoms with Crippen molar-refractivity contribution in [3.8, 4) is 0 Å². The molecule has 104 valence electrons. The number of rotatable bonds is 5. The molecule has 3 heteroatoms. The third kappa shape index (κ3) is 2.31. The van der Waals surface area contributed by atoms with Gasteiger partial charge in [-0.3, -0.25) is 4.79 Å². The minimum Gasteiger partial charge on any atom is -0.481 e. The van der Waals surface area contributed by atoms with Crippen molar-refractivity contribution < 1.29 is 14.7 Å². The van der Waals surface area contributed by atoms with E-state index in [0.717, 1.165) is 11.8 Å². The number of allylic oxidation sites excluding steroid dienone is 3. The maximum absolute atomic E-state index is 11.6. The van der Waals surface area contributed by atoms with Crippen LogP contribution in [0.5, 0.6) is 0 Å². The van der Waals surface area contributed by atoms with Crippen molar-refractivity contribution in [2.45, 2.75) is 12.8 Å². The molecule has 1 saturated carbocycles. The fourth-order valence-corrected chi connectivity index (χ4v) is 3.16. The van der Waals surface area contributed by atoms with Crippen LogP contribution in [0.15, 0.2) is 54.6 Å². The van der Waals surface area contributed by atoms with Crippen LogP contribution in [0.1, 0.15) is 18.4 Å². The van der Waals surface area contributed by atoms with Gasteiger partial charge in [0.2, 0.25) is 0 Å². The molecule has 3 nitrogen and oxygen atoms in total. The summed E-state index contributed by atoms with van der Waals surface area (Å²) in [4.78, 5) is 23.0. The summed E-state index contributed by atoms with van der Waals surface area (Å²) in [6, 6.07) is 9.37. The van der Waals surface area contributed by atoms with Crippen molar-refractivity contribution in [1.29, 1.82) is 0 Å². The molecule has 1 aromatic rings. The Morgan fingerprint density at radius 2 is 1.90 bits per heavy atom. The lowest BCUT2D eigenvalue weighted by Crippen LogP contribution is -2.50. The van der Waals surface area contributed by atoms with Crippen LogP contribution in [-0.4, -0.2) is 17.4 Å². The number of carbonyl (C=O) groups is 2. The summed E-state index contributed by atoms with van der Waals surface area (Å²) in [7, 11) is 0. The lowest BCUT2D eigenvalue weighted by Gasteiger charge is -2.48. The van der Waals surface area contributed by atoms with Crippen LogP contribution >= 0.6 is 0 Å². The van der Waals surface area contributed by atoms with Gasteiger partial charge in [-0.25, -0.2) is 0 Å². The molecule has 20 heavy (non-hydrogen) atoms. The van der Waals surface area contributed by atoms with Gasteiger partial charge < -0.3 is 9.90 Å². The van der Waals surface area contributed by atoms with E-state index in [9.17, 15) is 14.7 Å². The molecule has 1 fully saturated rings. The third-order valence-corrected chi connectivity index (χ3v) is 4.04. The first-order chi connectivity index (χ1) is 9.61. The average molecular weight is 270 g/mol. The lowest BCUT2D eigenvalue weighted by atomic mass is 9.53. The van der Waals surface area contributed by atoms with E-state index in [0.29, 0.717) is 5.57 Å². The fraction of sp³-hybridized carbons (Fsp3) is 0.294. The van der Waals surface area contributed by atoms with E-state index in [-0.39, 0.29) is 17.8 Å². The van der Waals surface area contributed by atoms with Gasteiger partial charge in [-0.2, -0.15) is 0 Å². The summed E-state index contributed by atoms with van der Waals surface area (Å²) in [5, 5.41) is 9.48. The van der Waals surface area contributed by atoms with E-state index >= 15 is 0 Å². The van der Waals surface area contributed by atoms with Gasteiger partial charge in [-0.1, -0.05) is 54.6 Å². The smallest absolute Gasteiger partial charge is 0.307 e. The van der Waals surface area contributed by atoms with E-state index < -0.39 is 11.9 Å². The Hall–Kier alpha value is -2.16. The summed E-state index contributed by atoms with van der Waals surface area (Å²) in [5.41, 5.74) is 1.62. The second-order valence-corrected chi connectivity index (χ2v) is 5.11. The number of aliphatic carboxylic acids is 1. The van der Waals surface area contributed by atoms with Crippen LogP contribution in [-0.2, 0) is 9.59 Å². The molecule has 0 radical (unpaired) electrons. The van der Waals surface area contributed by atoms with E-state index in [4.69, 9.17) is 0 Å². The molecule has 0 aromatic heterocycles. The summed E-state index contributed by atoms with van der Waals surface area (Å²) >= 11 is 0. The molecular formula is C17H18O3. The number of carbonyl (C=O) groups excluding carboxylic acids is 1. The normalized spacial score (nSPS) is 28.9. The molecule has 0 amide bonds. The summed E-state index contributed by atoms with van der Waals surface area (Å²) in [6.45, 7) is 5.77. The molecule has 0 saturated heterocycles. The number of hydrogen-bond acceptors (Lipinski definition) is 2. The maximum Gasteiger partial charge on any atom is 0.307 e. The van der Waals surface area contributed by atoms with Crippen LogP contribution in [0.3, 0.4) is 0 Å². The van der Waals surface area contributed by atoms with Gasteiger partial charge in [0.25, 0.3) is 0 Å². The van der Waals surface area contributed by atoms with Crippen LogP contribution in [0.2, 0.25) is 0 Å². The Balaban J connectivity index is 2.36. The summed E-state index contributed by atoms with van der Waals surface area (Å²) in [5.74, 6) is -2.35. The molecule has 0 spiro atoms. The average Bonchev–Trinajstić information content (AvgIpc) is 2.39. The zero-order valence-corrected chi connectivity index (χ0v) is 11.4. The second kappa shape index (κ2) is 5.87. The van der Waals surface area contributed by atoms with Gasteiger partial charge in [0.1, 0.15) is 6.29 Å². The number of carboxylic acids is 1. The Bertz CT molecular complexity index is 545. The highest BCUT2D eigenvalue weighted by Gasteiger charge is 2.55. The zero-order chi connectivity index (χ0) is 14.7. The molecule has 0 aliphatic heterocycles. The maximum atomic E-state index is 11.6. The predicted molar refractivity (Wildman–Crippen MR) is 77.3 cm³/mol. The number of hydrogen-bond donors (Lipinski definition) is 1. The SMILES string of the molecule is C=C(/C=C\C)[C@H]1[C@H](C=O)[C@@H](c2ccccc2)[C@@H]1C(=O)O. The molecular weight excluding hydrogens is 252 g/mol. The van der Waals surface area contributed by atoms with Gasteiger partial charge in [0.05, 0.1) is 5.92 Å². The highest BCUT2D eigenvalue weighted by Crippen LogP contribution is 2.54. The number of aldehydes is 1. The molecule has 0 heterocycles. The Morgan fingerprint density at radius 1 is 1.25 bits per heavy atom. The van der Waals surface area contributed by atoms with E-state index in [1.165, 1.54) is 0 Å². The van der Waals surface area contributed by atoms with Crippen molar-refractivity contribution in [1.82, 2.24) is 0 Å². The van der Waals surface area contributed by atoms with Crippen molar-refractivity contribution in [2.75, 3.05) is 0 Å². The molecule has 0 unspecified atom stereocenters. The first kappa shape index (κ1) is 14.3. The molecule has 1 aliphatic carbocycles. The number of carboxylic acid groups (broad SMARTS) is 1. The van der Waals surface area contributed by atoms with Gasteiger partial charge in [-0.15, -0.1) is 0 Å². The van der Waals surface area contributed by atoms with Crippen molar-refractivity contribution in [3.63, 3.8) is 0 Å². The standard InChI is InChI=1S/C17H18O3/c1-3-7-11(2)14-13(10-18)15(16(14)17(19)20)12-8-5-4-6-9-12/h3-10,13-16H,2H2,1H3,(H,19,20)/b7-3-/t13-,14-,15+,16+/m0/s1. The summed E-state index contributed by atoms with van der Waals surface area (Å²) < 4.78 is 0. The molecule has 2 rings (SSSR count). The predicted octanol–water partition coefficient (Wildman–Crippen LogP) is 3.05. The van der Waals surface area contributed by atoms with Crippen LogP contribution in [0, 0.1) is 17.8 Å². The summed E-state index contributed by atoms with van der Waals surface area (Å²) in [6.07, 6.45) is 4.48. The van der Waals surface area contributed by atoms with Gasteiger partial charge in [0, 0.05) is 17.8 Å².